The van der Waals surface area contributed by atoms with Crippen LogP contribution < -0.4 is 10.6 Å². The maximum Gasteiger partial charge on any atom is 0.317 e. The number of hydrogen-bond acceptors (Lipinski definition) is 3. The lowest BCUT2D eigenvalue weighted by Gasteiger charge is -2.35. The van der Waals surface area contributed by atoms with Crippen molar-refractivity contribution in [3.8, 4) is 0 Å². The third-order valence-electron chi connectivity index (χ3n) is 6.82. The van der Waals surface area contributed by atoms with E-state index < -0.39 is 0 Å². The van der Waals surface area contributed by atoms with E-state index in [1.54, 1.807) is 6.92 Å². The van der Waals surface area contributed by atoms with Gasteiger partial charge in [-0.15, -0.1) is 0 Å². The van der Waals surface area contributed by atoms with Gasteiger partial charge >= 0.3 is 6.03 Å². The zero-order valence-electron chi connectivity index (χ0n) is 23.2. The lowest BCUT2D eigenvalue weighted by atomic mass is 9.84. The van der Waals surface area contributed by atoms with Crippen molar-refractivity contribution >= 4 is 11.9 Å². The topological polar surface area (TPSA) is 64.7 Å². The Bertz CT molecular complexity index is 506. The monoisotopic (exact) mass is 468 g/mol. The van der Waals surface area contributed by atoms with Crippen LogP contribution in [0.3, 0.4) is 0 Å². The zero-order chi connectivity index (χ0) is 25.2. The second kappa shape index (κ2) is 19.1. The van der Waals surface area contributed by atoms with E-state index in [1.165, 1.54) is 44.9 Å². The standard InChI is InChI=1S/C13H25N3O.C10H19NO.2C2H6/c1-11-4-3-5-12(10-11)14-13(17)16-8-6-15(2)7-9-16;1-3-9-5-4-6-10(7-9)11-8(2)12;2*1-2/h11-12H,3-10H2,1-2H3,(H,14,17);9-10H,3-7H2,1-2H3,(H,11,12);2*1-2H3. The van der Waals surface area contributed by atoms with Gasteiger partial charge in [0.25, 0.3) is 0 Å². The molecule has 196 valence electrons. The van der Waals surface area contributed by atoms with Gasteiger partial charge in [-0.1, -0.05) is 73.6 Å². The van der Waals surface area contributed by atoms with Crippen LogP contribution in [0.25, 0.3) is 0 Å². The lowest BCUT2D eigenvalue weighted by molar-refractivity contribution is -0.119. The summed E-state index contributed by atoms with van der Waals surface area (Å²) in [6.45, 7) is 17.8. The maximum atomic E-state index is 12.1. The lowest BCUT2D eigenvalue weighted by Crippen LogP contribution is -2.53. The predicted octanol–water partition coefficient (Wildman–Crippen LogP) is 5.67. The predicted molar refractivity (Wildman–Crippen MR) is 142 cm³/mol. The molecule has 6 nitrogen and oxygen atoms in total. The molecule has 0 aromatic heterocycles. The molecule has 1 heterocycles. The molecule has 4 unspecified atom stereocenters. The molecule has 2 aliphatic carbocycles. The number of amides is 3. The molecule has 0 aromatic rings. The number of carbonyl (C=O) groups excluding carboxylic acids is 2. The number of piperazine rings is 1. The molecule has 1 saturated heterocycles. The molecule has 3 fully saturated rings. The van der Waals surface area contributed by atoms with Crippen LogP contribution in [-0.4, -0.2) is 67.0 Å². The van der Waals surface area contributed by atoms with E-state index in [0.717, 1.165) is 50.9 Å². The van der Waals surface area contributed by atoms with Crippen molar-refractivity contribution in [3.63, 3.8) is 0 Å². The van der Waals surface area contributed by atoms with Crippen molar-refractivity contribution in [2.75, 3.05) is 33.2 Å². The summed E-state index contributed by atoms with van der Waals surface area (Å²) in [6, 6.07) is 1.02. The number of urea groups is 1. The van der Waals surface area contributed by atoms with Crippen LogP contribution in [-0.2, 0) is 4.79 Å². The van der Waals surface area contributed by atoms with Gasteiger partial charge < -0.3 is 20.4 Å². The van der Waals surface area contributed by atoms with Gasteiger partial charge in [0.1, 0.15) is 0 Å². The van der Waals surface area contributed by atoms with Crippen LogP contribution in [0.5, 0.6) is 0 Å². The summed E-state index contributed by atoms with van der Waals surface area (Å²) in [6.07, 6.45) is 11.2. The maximum absolute atomic E-state index is 12.1. The number of rotatable bonds is 3. The summed E-state index contributed by atoms with van der Waals surface area (Å²) >= 11 is 0. The van der Waals surface area contributed by atoms with Gasteiger partial charge in [0, 0.05) is 45.2 Å². The molecule has 3 amide bonds. The molecular formula is C27H56N4O2. The third kappa shape index (κ3) is 13.9. The summed E-state index contributed by atoms with van der Waals surface area (Å²) in [5.74, 6) is 1.73. The minimum absolute atomic E-state index is 0.122. The van der Waals surface area contributed by atoms with Crippen molar-refractivity contribution < 1.29 is 9.59 Å². The Morgan fingerprint density at radius 1 is 0.818 bits per heavy atom. The molecule has 1 aliphatic heterocycles. The van der Waals surface area contributed by atoms with Crippen molar-refractivity contribution in [3.05, 3.63) is 0 Å². The Balaban J connectivity index is 0.000000564. The van der Waals surface area contributed by atoms with Crippen LogP contribution in [0.2, 0.25) is 0 Å². The Hall–Kier alpha value is -1.30. The highest BCUT2D eigenvalue weighted by Crippen LogP contribution is 2.26. The average molecular weight is 469 g/mol. The van der Waals surface area contributed by atoms with Gasteiger partial charge in [0.15, 0.2) is 0 Å². The third-order valence-corrected chi connectivity index (χ3v) is 6.82. The Kier molecular flexibility index (Phi) is 18.3. The van der Waals surface area contributed by atoms with Gasteiger partial charge in [0.2, 0.25) is 5.91 Å². The molecule has 0 radical (unpaired) electrons. The van der Waals surface area contributed by atoms with E-state index in [4.69, 9.17) is 0 Å². The number of carbonyl (C=O) groups is 2. The highest BCUT2D eigenvalue weighted by molar-refractivity contribution is 5.74. The van der Waals surface area contributed by atoms with Crippen molar-refractivity contribution in [1.82, 2.24) is 20.4 Å². The molecule has 0 aromatic carbocycles. The summed E-state index contributed by atoms with van der Waals surface area (Å²) < 4.78 is 0. The van der Waals surface area contributed by atoms with Crippen LogP contribution in [0.4, 0.5) is 4.79 Å². The van der Waals surface area contributed by atoms with E-state index in [0.29, 0.717) is 12.1 Å². The van der Waals surface area contributed by atoms with E-state index in [2.05, 4.69) is 36.4 Å². The van der Waals surface area contributed by atoms with Crippen LogP contribution >= 0.6 is 0 Å². The van der Waals surface area contributed by atoms with Crippen molar-refractivity contribution in [2.45, 2.75) is 118 Å². The first-order chi connectivity index (χ1) is 15.9. The van der Waals surface area contributed by atoms with Crippen LogP contribution in [0.15, 0.2) is 0 Å². The SMILES string of the molecule is CC.CC.CC1CCCC(NC(=O)N2CCN(C)CC2)C1.CCC1CCCC(NC(C)=O)C1. The van der Waals surface area contributed by atoms with Gasteiger partial charge in [-0.2, -0.15) is 0 Å². The van der Waals surface area contributed by atoms with Crippen molar-refractivity contribution in [2.24, 2.45) is 11.8 Å². The molecule has 3 rings (SSSR count). The molecule has 3 aliphatic rings. The Labute approximate surface area is 205 Å². The molecule has 6 heteroatoms. The van der Waals surface area contributed by atoms with E-state index >= 15 is 0 Å². The number of likely N-dealkylation sites (N-methyl/N-ethyl adjacent to an activating group) is 1. The zero-order valence-corrected chi connectivity index (χ0v) is 23.2. The Morgan fingerprint density at radius 3 is 1.88 bits per heavy atom. The molecular weight excluding hydrogens is 412 g/mol. The van der Waals surface area contributed by atoms with E-state index in [1.807, 2.05) is 32.6 Å². The van der Waals surface area contributed by atoms with Gasteiger partial charge in [-0.25, -0.2) is 4.79 Å². The molecule has 2 N–H and O–H groups in total. The first-order valence-corrected chi connectivity index (χ1v) is 13.9. The van der Waals surface area contributed by atoms with Crippen LogP contribution in [0, 0.1) is 11.8 Å². The fraction of sp³-hybridized carbons (Fsp3) is 0.926. The number of hydrogen-bond donors (Lipinski definition) is 2. The quantitative estimate of drug-likeness (QED) is 0.561. The van der Waals surface area contributed by atoms with Crippen molar-refractivity contribution in [1.29, 1.82) is 0 Å². The molecule has 0 spiro atoms. The highest BCUT2D eigenvalue weighted by Gasteiger charge is 2.24. The first-order valence-electron chi connectivity index (χ1n) is 13.9. The Morgan fingerprint density at radius 2 is 1.36 bits per heavy atom. The average Bonchev–Trinajstić information content (AvgIpc) is 2.82. The molecule has 2 saturated carbocycles. The second-order valence-corrected chi connectivity index (χ2v) is 9.55. The van der Waals surface area contributed by atoms with Gasteiger partial charge in [-0.05, 0) is 44.6 Å². The minimum Gasteiger partial charge on any atom is -0.354 e. The smallest absolute Gasteiger partial charge is 0.317 e. The number of nitrogens with one attached hydrogen (secondary N) is 2. The number of nitrogens with zero attached hydrogens (tertiary/aromatic N) is 2. The summed E-state index contributed by atoms with van der Waals surface area (Å²) in [5, 5.41) is 6.21. The largest absolute Gasteiger partial charge is 0.354 e. The minimum atomic E-state index is 0.122. The molecule has 4 atom stereocenters. The second-order valence-electron chi connectivity index (χ2n) is 9.55. The first kappa shape index (κ1) is 31.7. The fourth-order valence-electron chi connectivity index (χ4n) is 4.92. The fourth-order valence-corrected chi connectivity index (χ4v) is 4.92. The molecule has 0 bridgehead atoms. The summed E-state index contributed by atoms with van der Waals surface area (Å²) in [5.41, 5.74) is 0. The van der Waals surface area contributed by atoms with E-state index in [-0.39, 0.29) is 11.9 Å². The highest BCUT2D eigenvalue weighted by atomic mass is 16.2. The van der Waals surface area contributed by atoms with E-state index in [9.17, 15) is 9.59 Å². The van der Waals surface area contributed by atoms with Crippen LogP contribution in [0.1, 0.15) is 106 Å². The normalized spacial score (nSPS) is 27.3. The summed E-state index contributed by atoms with van der Waals surface area (Å²) in [7, 11) is 2.11. The summed E-state index contributed by atoms with van der Waals surface area (Å²) in [4.78, 5) is 27.1. The molecule has 33 heavy (non-hydrogen) atoms. The van der Waals surface area contributed by atoms with Gasteiger partial charge in [-0.3, -0.25) is 4.79 Å². The van der Waals surface area contributed by atoms with Gasteiger partial charge in [0.05, 0.1) is 0 Å².